The molecule has 7 heteroatoms. The Morgan fingerprint density at radius 3 is 2.52 bits per heavy atom. The van der Waals surface area contributed by atoms with Gasteiger partial charge >= 0.3 is 0 Å². The van der Waals surface area contributed by atoms with Crippen LogP contribution in [-0.2, 0) is 0 Å². The number of para-hydroxylation sites is 1. The van der Waals surface area contributed by atoms with Crippen LogP contribution < -0.4 is 15.0 Å². The largest absolute Gasteiger partial charge is 0.457 e. The highest BCUT2D eigenvalue weighted by atomic mass is 35.5. The summed E-state index contributed by atoms with van der Waals surface area (Å²) < 4.78 is 7.71. The van der Waals surface area contributed by atoms with Gasteiger partial charge in [0.1, 0.15) is 11.5 Å². The number of nitrogens with one attached hydrogen (secondary N) is 1. The molecule has 0 bridgehead atoms. The Labute approximate surface area is 176 Å². The van der Waals surface area contributed by atoms with Crippen LogP contribution in [0.15, 0.2) is 66.9 Å². The van der Waals surface area contributed by atoms with Crippen molar-refractivity contribution in [3.8, 4) is 11.5 Å². The first-order valence-electron chi connectivity index (χ1n) is 9.57. The van der Waals surface area contributed by atoms with E-state index in [1.807, 2.05) is 65.5 Å². The van der Waals surface area contributed by atoms with Crippen LogP contribution in [-0.4, -0.2) is 35.8 Å². The van der Waals surface area contributed by atoms with Gasteiger partial charge in [-0.1, -0.05) is 18.2 Å². The Bertz CT molecular complexity index is 922. The van der Waals surface area contributed by atoms with Crippen LogP contribution in [0.2, 0.25) is 0 Å². The fourth-order valence-corrected chi connectivity index (χ4v) is 3.37. The number of piperidine rings is 1. The molecule has 1 fully saturated rings. The SMILES string of the molecule is CN(C(=O)c1ccn(C2CCCNC2)n1)c1ccc(Oc2ccccc2)cc1.Cl. The molecule has 2 aromatic carbocycles. The van der Waals surface area contributed by atoms with Gasteiger partial charge in [-0.15, -0.1) is 12.4 Å². The number of rotatable bonds is 5. The monoisotopic (exact) mass is 412 g/mol. The Hall–Kier alpha value is -2.83. The lowest BCUT2D eigenvalue weighted by atomic mass is 10.1. The van der Waals surface area contributed by atoms with E-state index in [0.717, 1.165) is 43.1 Å². The molecule has 0 saturated carbocycles. The molecule has 0 radical (unpaired) electrons. The molecule has 2 heterocycles. The van der Waals surface area contributed by atoms with Crippen molar-refractivity contribution < 1.29 is 9.53 Å². The molecule has 1 aliphatic heterocycles. The molecule has 1 amide bonds. The van der Waals surface area contributed by atoms with Crippen molar-refractivity contribution in [2.24, 2.45) is 0 Å². The molecule has 1 aromatic heterocycles. The molecule has 0 aliphatic carbocycles. The minimum absolute atomic E-state index is 0. The smallest absolute Gasteiger partial charge is 0.278 e. The van der Waals surface area contributed by atoms with E-state index >= 15 is 0 Å². The van der Waals surface area contributed by atoms with Crippen molar-refractivity contribution >= 4 is 24.0 Å². The maximum atomic E-state index is 12.8. The van der Waals surface area contributed by atoms with Crippen molar-refractivity contribution in [1.29, 1.82) is 0 Å². The lowest BCUT2D eigenvalue weighted by Gasteiger charge is -2.23. The van der Waals surface area contributed by atoms with E-state index in [2.05, 4.69) is 10.4 Å². The molecule has 1 aliphatic rings. The number of hydrogen-bond acceptors (Lipinski definition) is 4. The maximum absolute atomic E-state index is 12.8. The zero-order valence-corrected chi connectivity index (χ0v) is 17.1. The van der Waals surface area contributed by atoms with Crippen LogP contribution in [0, 0.1) is 0 Å². The number of carbonyl (C=O) groups excluding carboxylic acids is 1. The van der Waals surface area contributed by atoms with Crippen LogP contribution in [0.4, 0.5) is 5.69 Å². The lowest BCUT2D eigenvalue weighted by Crippen LogP contribution is -2.32. The molecule has 152 valence electrons. The number of ether oxygens (including phenoxy) is 1. The summed E-state index contributed by atoms with van der Waals surface area (Å²) in [5.41, 5.74) is 1.25. The Kier molecular flexibility index (Phi) is 6.90. The maximum Gasteiger partial charge on any atom is 0.278 e. The van der Waals surface area contributed by atoms with Gasteiger partial charge in [-0.2, -0.15) is 5.10 Å². The second-order valence-electron chi connectivity index (χ2n) is 6.95. The predicted octanol–water partition coefficient (Wildman–Crippen LogP) is 4.30. The van der Waals surface area contributed by atoms with Crippen LogP contribution in [0.1, 0.15) is 29.4 Å². The summed E-state index contributed by atoms with van der Waals surface area (Å²) in [7, 11) is 1.76. The van der Waals surface area contributed by atoms with E-state index in [4.69, 9.17) is 4.74 Å². The first kappa shape index (κ1) is 20.9. The highest BCUT2D eigenvalue weighted by Gasteiger charge is 2.20. The Morgan fingerprint density at radius 2 is 1.83 bits per heavy atom. The zero-order chi connectivity index (χ0) is 19.3. The quantitative estimate of drug-likeness (QED) is 0.678. The third-order valence-electron chi connectivity index (χ3n) is 4.98. The van der Waals surface area contributed by atoms with Gasteiger partial charge in [-0.3, -0.25) is 9.48 Å². The molecular weight excluding hydrogens is 388 g/mol. The molecule has 1 atom stereocenters. The fourth-order valence-electron chi connectivity index (χ4n) is 3.37. The molecule has 4 rings (SSSR count). The minimum atomic E-state index is -0.126. The summed E-state index contributed by atoms with van der Waals surface area (Å²) in [6.45, 7) is 1.95. The first-order valence-corrected chi connectivity index (χ1v) is 9.57. The van der Waals surface area contributed by atoms with E-state index in [-0.39, 0.29) is 18.3 Å². The van der Waals surface area contributed by atoms with Crippen LogP contribution in [0.25, 0.3) is 0 Å². The lowest BCUT2D eigenvalue weighted by molar-refractivity contribution is 0.0987. The summed E-state index contributed by atoms with van der Waals surface area (Å²) in [5.74, 6) is 1.38. The number of amides is 1. The standard InChI is InChI=1S/C22H24N4O2.ClH/c1-25(17-9-11-20(12-10-17)28-19-7-3-2-4-8-19)22(27)21-13-15-26(24-21)18-6-5-14-23-16-18;/h2-4,7-13,15,18,23H,5-6,14,16H2,1H3;1H. The van der Waals surface area contributed by atoms with Gasteiger partial charge < -0.3 is 15.0 Å². The van der Waals surface area contributed by atoms with Gasteiger partial charge in [-0.05, 0) is 61.9 Å². The third kappa shape index (κ3) is 4.96. The van der Waals surface area contributed by atoms with Gasteiger partial charge in [0.2, 0.25) is 0 Å². The molecule has 29 heavy (non-hydrogen) atoms. The minimum Gasteiger partial charge on any atom is -0.457 e. The summed E-state index contributed by atoms with van der Waals surface area (Å²) in [6.07, 6.45) is 4.11. The number of hydrogen-bond donors (Lipinski definition) is 1. The zero-order valence-electron chi connectivity index (χ0n) is 16.3. The van der Waals surface area contributed by atoms with Crippen molar-refractivity contribution in [3.63, 3.8) is 0 Å². The summed E-state index contributed by atoms with van der Waals surface area (Å²) in [4.78, 5) is 14.4. The average molecular weight is 413 g/mol. The molecule has 3 aromatic rings. The third-order valence-corrected chi connectivity index (χ3v) is 4.98. The van der Waals surface area contributed by atoms with Crippen molar-refractivity contribution in [2.45, 2.75) is 18.9 Å². The van der Waals surface area contributed by atoms with E-state index in [9.17, 15) is 4.79 Å². The van der Waals surface area contributed by atoms with Gasteiger partial charge in [0, 0.05) is 25.5 Å². The summed E-state index contributed by atoms with van der Waals surface area (Å²) in [5, 5.41) is 7.89. The number of carbonyl (C=O) groups is 1. The highest BCUT2D eigenvalue weighted by molar-refractivity contribution is 6.04. The number of benzene rings is 2. The second-order valence-corrected chi connectivity index (χ2v) is 6.95. The van der Waals surface area contributed by atoms with Crippen LogP contribution in [0.3, 0.4) is 0 Å². The topological polar surface area (TPSA) is 59.4 Å². The second kappa shape index (κ2) is 9.58. The molecule has 1 unspecified atom stereocenters. The van der Waals surface area contributed by atoms with E-state index in [1.54, 1.807) is 18.0 Å². The van der Waals surface area contributed by atoms with Crippen molar-refractivity contribution in [1.82, 2.24) is 15.1 Å². The van der Waals surface area contributed by atoms with Crippen molar-refractivity contribution in [2.75, 3.05) is 25.0 Å². The molecule has 1 saturated heterocycles. The van der Waals surface area contributed by atoms with Gasteiger partial charge in [0.05, 0.1) is 6.04 Å². The van der Waals surface area contributed by atoms with E-state index < -0.39 is 0 Å². The number of anilines is 1. The highest BCUT2D eigenvalue weighted by Crippen LogP contribution is 2.24. The van der Waals surface area contributed by atoms with Gasteiger partial charge in [0.25, 0.3) is 5.91 Å². The Morgan fingerprint density at radius 1 is 1.10 bits per heavy atom. The van der Waals surface area contributed by atoms with Gasteiger partial charge in [0.15, 0.2) is 5.69 Å². The predicted molar refractivity (Wildman–Crippen MR) is 116 cm³/mol. The summed E-state index contributed by atoms with van der Waals surface area (Å²) in [6, 6.07) is 19.2. The van der Waals surface area contributed by atoms with Crippen LogP contribution >= 0.6 is 12.4 Å². The number of nitrogens with zero attached hydrogens (tertiary/aromatic N) is 3. The van der Waals surface area contributed by atoms with Crippen molar-refractivity contribution in [3.05, 3.63) is 72.6 Å². The normalized spacial score (nSPS) is 16.0. The Balaban J connectivity index is 0.00000240. The molecule has 6 nitrogen and oxygen atoms in total. The fraction of sp³-hybridized carbons (Fsp3) is 0.273. The van der Waals surface area contributed by atoms with Gasteiger partial charge in [-0.25, -0.2) is 0 Å². The van der Waals surface area contributed by atoms with E-state index in [1.165, 1.54) is 0 Å². The summed E-state index contributed by atoms with van der Waals surface area (Å²) >= 11 is 0. The molecule has 0 spiro atoms. The van der Waals surface area contributed by atoms with Crippen LogP contribution in [0.5, 0.6) is 11.5 Å². The first-order chi connectivity index (χ1) is 13.7. The molecular formula is C22H25ClN4O2. The number of halogens is 1. The average Bonchev–Trinajstić information content (AvgIpc) is 3.25. The van der Waals surface area contributed by atoms with E-state index in [0.29, 0.717) is 11.7 Å². The number of aromatic nitrogens is 2. The molecule has 1 N–H and O–H groups in total.